The van der Waals surface area contributed by atoms with E-state index in [0.717, 1.165) is 17.7 Å². The standard InChI is InChI=1S/C27H22F2N6O2/c1-14-4-3-9-31-24(14)27(2,26(30)37)15-5-8-19-21(10-15)34-25(36)18-7-6-16(11-20(18)33-19)32-17-12-22(28)35-23(29)13-17/h3-13,33H,1-2H3,(H2,30,37)(H,32,35)(H,34,36). The molecule has 10 heteroatoms. The second kappa shape index (κ2) is 8.98. The van der Waals surface area contributed by atoms with E-state index in [1.165, 1.54) is 0 Å². The monoisotopic (exact) mass is 500 g/mol. The Balaban J connectivity index is 1.52. The summed E-state index contributed by atoms with van der Waals surface area (Å²) in [7, 11) is 0. The molecule has 0 saturated heterocycles. The summed E-state index contributed by atoms with van der Waals surface area (Å²) in [6, 6.07) is 15.8. The van der Waals surface area contributed by atoms with Gasteiger partial charge in [-0.15, -0.1) is 0 Å². The highest BCUT2D eigenvalue weighted by molar-refractivity contribution is 6.12. The number of hydrogen-bond donors (Lipinski definition) is 4. The maximum atomic E-state index is 13.5. The average molecular weight is 501 g/mol. The van der Waals surface area contributed by atoms with Gasteiger partial charge >= 0.3 is 0 Å². The molecule has 0 saturated carbocycles. The molecule has 2 aromatic carbocycles. The number of pyridine rings is 2. The number of nitrogens with one attached hydrogen (secondary N) is 3. The maximum absolute atomic E-state index is 13.5. The van der Waals surface area contributed by atoms with Crippen LogP contribution in [0.1, 0.15) is 34.1 Å². The first-order valence-electron chi connectivity index (χ1n) is 11.3. The first-order chi connectivity index (χ1) is 17.6. The van der Waals surface area contributed by atoms with Crippen LogP contribution in [-0.2, 0) is 10.2 Å². The molecule has 5 rings (SSSR count). The summed E-state index contributed by atoms with van der Waals surface area (Å²) in [5, 5.41) is 9.01. The maximum Gasteiger partial charge on any atom is 0.257 e. The van der Waals surface area contributed by atoms with Crippen LogP contribution >= 0.6 is 0 Å². The predicted molar refractivity (Wildman–Crippen MR) is 136 cm³/mol. The number of aromatic nitrogens is 2. The van der Waals surface area contributed by atoms with Crippen molar-refractivity contribution in [1.29, 1.82) is 0 Å². The van der Waals surface area contributed by atoms with Gasteiger partial charge in [-0.25, -0.2) is 0 Å². The number of rotatable bonds is 5. The van der Waals surface area contributed by atoms with Gasteiger partial charge in [-0.05, 0) is 61.4 Å². The summed E-state index contributed by atoms with van der Waals surface area (Å²) in [6.45, 7) is 3.56. The highest BCUT2D eigenvalue weighted by Gasteiger charge is 2.38. The Morgan fingerprint density at radius 1 is 0.946 bits per heavy atom. The topological polar surface area (TPSA) is 122 Å². The molecule has 1 unspecified atom stereocenters. The van der Waals surface area contributed by atoms with Crippen molar-refractivity contribution in [3.63, 3.8) is 0 Å². The zero-order valence-electron chi connectivity index (χ0n) is 19.9. The Morgan fingerprint density at radius 3 is 2.41 bits per heavy atom. The molecular weight excluding hydrogens is 478 g/mol. The number of nitrogens with two attached hydrogens (primary N) is 1. The quantitative estimate of drug-likeness (QED) is 0.289. The largest absolute Gasteiger partial charge is 0.369 e. The molecule has 0 spiro atoms. The molecular formula is C27H22F2N6O2. The summed E-state index contributed by atoms with van der Waals surface area (Å²) < 4.78 is 27.0. The fraction of sp³-hybridized carbons (Fsp3) is 0.111. The average Bonchev–Trinajstić information content (AvgIpc) is 2.97. The smallest absolute Gasteiger partial charge is 0.257 e. The van der Waals surface area contributed by atoms with E-state index in [4.69, 9.17) is 5.73 Å². The van der Waals surface area contributed by atoms with Gasteiger partial charge in [0.2, 0.25) is 17.8 Å². The van der Waals surface area contributed by atoms with Crippen molar-refractivity contribution in [2.24, 2.45) is 5.73 Å². The van der Waals surface area contributed by atoms with Gasteiger partial charge in [0.05, 0.1) is 28.3 Å². The molecule has 4 aromatic rings. The Hall–Kier alpha value is -4.86. The van der Waals surface area contributed by atoms with Crippen LogP contribution in [0.4, 0.5) is 37.2 Å². The minimum atomic E-state index is -1.24. The number of nitrogens with zero attached hydrogens (tertiary/aromatic N) is 2. The van der Waals surface area contributed by atoms with Crippen LogP contribution in [0.2, 0.25) is 0 Å². The normalized spacial score (nSPS) is 13.8. The summed E-state index contributed by atoms with van der Waals surface area (Å²) in [5.41, 5.74) is 9.06. The van der Waals surface area contributed by atoms with Crippen molar-refractivity contribution in [1.82, 2.24) is 9.97 Å². The predicted octanol–water partition coefficient (Wildman–Crippen LogP) is 4.91. The highest BCUT2D eigenvalue weighted by atomic mass is 19.1. The number of fused-ring (bicyclic) bond motifs is 2. The number of amides is 2. The van der Waals surface area contributed by atoms with Gasteiger partial charge in [0.15, 0.2) is 0 Å². The van der Waals surface area contributed by atoms with Gasteiger partial charge in [0, 0.05) is 29.7 Å². The minimum absolute atomic E-state index is 0.170. The third-order valence-corrected chi connectivity index (χ3v) is 6.41. The number of anilines is 5. The lowest BCUT2D eigenvalue weighted by atomic mass is 9.76. The number of aryl methyl sites for hydroxylation is 1. The molecule has 5 N–H and O–H groups in total. The van der Waals surface area contributed by atoms with Crippen molar-refractivity contribution in [2.75, 3.05) is 16.0 Å². The summed E-state index contributed by atoms with van der Waals surface area (Å²) in [5.74, 6) is -2.86. The van der Waals surface area contributed by atoms with Gasteiger partial charge in [-0.1, -0.05) is 12.1 Å². The zero-order valence-corrected chi connectivity index (χ0v) is 19.9. The molecule has 0 radical (unpaired) electrons. The molecule has 0 bridgehead atoms. The van der Waals surface area contributed by atoms with Crippen molar-refractivity contribution in [3.05, 3.63) is 101 Å². The SMILES string of the molecule is Cc1cccnc1C(C)(C(N)=O)c1ccc2c(c1)NC(=O)c1ccc(Nc3cc(F)nc(F)c3)cc1N2. The van der Waals surface area contributed by atoms with Crippen LogP contribution in [-0.4, -0.2) is 21.8 Å². The van der Waals surface area contributed by atoms with Crippen LogP contribution in [0.3, 0.4) is 0 Å². The van der Waals surface area contributed by atoms with E-state index in [0.29, 0.717) is 39.6 Å². The van der Waals surface area contributed by atoms with Gasteiger partial charge in [-0.3, -0.25) is 14.6 Å². The van der Waals surface area contributed by atoms with Gasteiger partial charge in [0.1, 0.15) is 5.41 Å². The number of halogens is 2. The fourth-order valence-corrected chi connectivity index (χ4v) is 4.43. The lowest BCUT2D eigenvalue weighted by molar-refractivity contribution is -0.121. The minimum Gasteiger partial charge on any atom is -0.369 e. The first-order valence-corrected chi connectivity index (χ1v) is 11.3. The van der Waals surface area contributed by atoms with E-state index in [1.807, 2.05) is 13.0 Å². The Labute approximate surface area is 211 Å². The second-order valence-electron chi connectivity index (χ2n) is 8.88. The Bertz CT molecular complexity index is 1550. The molecule has 8 nitrogen and oxygen atoms in total. The number of benzene rings is 2. The lowest BCUT2D eigenvalue weighted by Crippen LogP contribution is -2.41. The molecule has 0 aliphatic carbocycles. The van der Waals surface area contributed by atoms with E-state index in [1.54, 1.807) is 55.6 Å². The fourth-order valence-electron chi connectivity index (χ4n) is 4.43. The summed E-state index contributed by atoms with van der Waals surface area (Å²) in [4.78, 5) is 33.3. The third-order valence-electron chi connectivity index (χ3n) is 6.41. The summed E-state index contributed by atoms with van der Waals surface area (Å²) in [6.07, 6.45) is 1.60. The Morgan fingerprint density at radius 2 is 1.70 bits per heavy atom. The highest BCUT2D eigenvalue weighted by Crippen LogP contribution is 2.39. The van der Waals surface area contributed by atoms with Crippen LogP contribution in [0.5, 0.6) is 0 Å². The third kappa shape index (κ3) is 4.33. The van der Waals surface area contributed by atoms with E-state index in [2.05, 4.69) is 25.9 Å². The van der Waals surface area contributed by atoms with Crippen LogP contribution in [0.15, 0.2) is 66.9 Å². The Kier molecular flexibility index (Phi) is 5.79. The van der Waals surface area contributed by atoms with E-state index >= 15 is 0 Å². The molecule has 1 aliphatic heterocycles. The van der Waals surface area contributed by atoms with Crippen LogP contribution in [0, 0.1) is 18.8 Å². The first kappa shape index (κ1) is 23.9. The molecule has 2 aromatic heterocycles. The zero-order chi connectivity index (χ0) is 26.3. The molecule has 1 atom stereocenters. The van der Waals surface area contributed by atoms with Crippen molar-refractivity contribution in [3.8, 4) is 0 Å². The molecule has 1 aliphatic rings. The molecule has 3 heterocycles. The van der Waals surface area contributed by atoms with Gasteiger partial charge in [-0.2, -0.15) is 13.8 Å². The number of primary amides is 1. The lowest BCUT2D eigenvalue weighted by Gasteiger charge is -2.28. The van der Waals surface area contributed by atoms with Crippen LogP contribution < -0.4 is 21.7 Å². The molecule has 37 heavy (non-hydrogen) atoms. The molecule has 2 amide bonds. The molecule has 0 fully saturated rings. The van der Waals surface area contributed by atoms with E-state index in [-0.39, 0.29) is 11.6 Å². The van der Waals surface area contributed by atoms with Crippen molar-refractivity contribution in [2.45, 2.75) is 19.3 Å². The van der Waals surface area contributed by atoms with Crippen molar-refractivity contribution < 1.29 is 18.4 Å². The van der Waals surface area contributed by atoms with Crippen molar-refractivity contribution >= 4 is 40.3 Å². The number of carbonyl (C=O) groups excluding carboxylic acids is 2. The van der Waals surface area contributed by atoms with Gasteiger partial charge < -0.3 is 21.7 Å². The van der Waals surface area contributed by atoms with Gasteiger partial charge in [0.25, 0.3) is 5.91 Å². The molecule has 186 valence electrons. The van der Waals surface area contributed by atoms with E-state index in [9.17, 15) is 18.4 Å². The summed E-state index contributed by atoms with van der Waals surface area (Å²) >= 11 is 0. The number of carbonyl (C=O) groups is 2. The number of hydrogen-bond acceptors (Lipinski definition) is 6. The second-order valence-corrected chi connectivity index (χ2v) is 8.88. The van der Waals surface area contributed by atoms with E-state index < -0.39 is 23.2 Å². The van der Waals surface area contributed by atoms with Crippen LogP contribution in [0.25, 0.3) is 0 Å².